The van der Waals surface area contributed by atoms with E-state index in [0.717, 1.165) is 7.41 Å². The van der Waals surface area contributed by atoms with Crippen LogP contribution in [0.2, 0.25) is 6.82 Å². The lowest BCUT2D eigenvalue weighted by Crippen LogP contribution is -1.94. The lowest BCUT2D eigenvalue weighted by Gasteiger charge is -1.45. The lowest BCUT2D eigenvalue weighted by atomic mass is 10.0. The van der Waals surface area contributed by atoms with E-state index >= 15 is 0 Å². The van der Waals surface area contributed by atoms with Gasteiger partial charge in [0.15, 0.2) is 7.41 Å². The molecule has 0 aliphatic heterocycles. The van der Waals surface area contributed by atoms with Crippen molar-refractivity contribution >= 4 is 7.41 Å². The summed E-state index contributed by atoms with van der Waals surface area (Å²) in [4.78, 5) is 0. The first-order valence-corrected chi connectivity index (χ1v) is 1.12. The van der Waals surface area contributed by atoms with Gasteiger partial charge >= 0.3 is 0 Å². The maximum Gasteiger partial charge on any atom is 0.195 e. The van der Waals surface area contributed by atoms with E-state index in [-0.39, 0.29) is 11.0 Å². The summed E-state index contributed by atoms with van der Waals surface area (Å²) >= 11 is 0. The highest BCUT2D eigenvalue weighted by Gasteiger charge is 1.42. The zero-order chi connectivity index (χ0) is 2.71. The van der Waals surface area contributed by atoms with Crippen molar-refractivity contribution in [1.82, 2.24) is 0 Å². The maximum atomic E-state index is 4.85. The Hall–Kier alpha value is -0.0551. The molecule has 0 heterocycles. The third-order valence-corrected chi connectivity index (χ3v) is 0. The fourth-order valence-corrected chi connectivity index (χ4v) is 0. The summed E-state index contributed by atoms with van der Waals surface area (Å²) < 4.78 is 0. The minimum atomic E-state index is 0. The third-order valence-electron chi connectivity index (χ3n) is 0. The van der Waals surface area contributed by atoms with Gasteiger partial charge in [-0.25, -0.2) is 0 Å². The molecule has 4 heteroatoms. The first kappa shape index (κ1) is 20.3. The molecule has 0 aromatic rings. The largest absolute Gasteiger partial charge is 0.412 e. The van der Waals surface area contributed by atoms with E-state index in [1.807, 2.05) is 6.82 Å². The van der Waals surface area contributed by atoms with Gasteiger partial charge in [0.25, 0.3) is 0 Å². The molecule has 0 amide bonds. The molecule has 5 heavy (non-hydrogen) atoms. The van der Waals surface area contributed by atoms with E-state index in [4.69, 9.17) is 5.64 Å². The number of hydrogen-bond donors (Lipinski definition) is 1. The molecule has 3 nitrogen and oxygen atoms in total. The van der Waals surface area contributed by atoms with E-state index in [1.165, 1.54) is 0 Å². The van der Waals surface area contributed by atoms with Crippen molar-refractivity contribution in [3.8, 4) is 0 Å². The quantitative estimate of drug-likeness (QED) is 0.325. The van der Waals surface area contributed by atoms with Crippen molar-refractivity contribution in [1.29, 1.82) is 0 Å². The molecular formula is CH10BNO2. The first-order chi connectivity index (χ1) is 1.41. The molecule has 0 bridgehead atoms. The van der Waals surface area contributed by atoms with Crippen LogP contribution in [0.15, 0.2) is 0 Å². The molecule has 0 unspecified atom stereocenters. The summed E-state index contributed by atoms with van der Waals surface area (Å²) in [7, 11) is 0.750. The second-order valence-electron chi connectivity index (χ2n) is 0.408. The van der Waals surface area contributed by atoms with Crippen molar-refractivity contribution in [2.75, 3.05) is 0 Å². The lowest BCUT2D eigenvalue weighted by molar-refractivity contribution is 0.823. The standard InChI is InChI=1S/CH6BN.2H2O/c1-2-3;;/h2H,3H2,1H3;2*1H2. The van der Waals surface area contributed by atoms with Crippen LogP contribution in [0.5, 0.6) is 0 Å². The summed E-state index contributed by atoms with van der Waals surface area (Å²) in [6, 6.07) is 0. The summed E-state index contributed by atoms with van der Waals surface area (Å²) in [5, 5.41) is 0. The Balaban J connectivity index is -0.0000000200. The van der Waals surface area contributed by atoms with E-state index in [1.54, 1.807) is 0 Å². The van der Waals surface area contributed by atoms with Gasteiger partial charge in [-0.15, -0.1) is 0 Å². The fraction of sp³-hybridized carbons (Fsp3) is 1.00. The summed E-state index contributed by atoms with van der Waals surface area (Å²) in [6.45, 7) is 1.90. The van der Waals surface area contributed by atoms with Crippen molar-refractivity contribution in [3.63, 3.8) is 0 Å². The van der Waals surface area contributed by atoms with Crippen molar-refractivity contribution in [2.24, 2.45) is 5.64 Å². The van der Waals surface area contributed by atoms with E-state index in [9.17, 15) is 0 Å². The van der Waals surface area contributed by atoms with Gasteiger partial charge in [-0.3, -0.25) is 0 Å². The molecule has 34 valence electrons. The average Bonchev–Trinajstić information content (AvgIpc) is 0.918. The van der Waals surface area contributed by atoms with Crippen LogP contribution in [0.3, 0.4) is 0 Å². The van der Waals surface area contributed by atoms with Gasteiger partial charge in [0.2, 0.25) is 0 Å². The fourth-order valence-electron chi connectivity index (χ4n) is 0. The molecule has 0 fully saturated rings. The minimum absolute atomic E-state index is 0. The Labute approximate surface area is 32.1 Å². The topological polar surface area (TPSA) is 89.0 Å². The summed E-state index contributed by atoms with van der Waals surface area (Å²) in [5.74, 6) is 0. The molecule has 0 atom stereocenters. The predicted molar refractivity (Wildman–Crippen MR) is 24.4 cm³/mol. The molecule has 0 aliphatic carbocycles. The minimum Gasteiger partial charge on any atom is -0.412 e. The summed E-state index contributed by atoms with van der Waals surface area (Å²) in [5.41, 5.74) is 4.85. The number of hydrogen-bond acceptors (Lipinski definition) is 1. The molecule has 6 N–H and O–H groups in total. The molecule has 0 aliphatic rings. The van der Waals surface area contributed by atoms with Gasteiger partial charge in [0, 0.05) is 0 Å². The Morgan fingerprint density at radius 3 is 1.40 bits per heavy atom. The van der Waals surface area contributed by atoms with Crippen LogP contribution in [0.1, 0.15) is 0 Å². The van der Waals surface area contributed by atoms with E-state index < -0.39 is 0 Å². The van der Waals surface area contributed by atoms with Crippen molar-refractivity contribution in [2.45, 2.75) is 6.82 Å². The second-order valence-corrected chi connectivity index (χ2v) is 0.408. The Morgan fingerprint density at radius 1 is 1.40 bits per heavy atom. The molecule has 0 saturated carbocycles. The molecular weight excluding hydrogens is 68.8 g/mol. The van der Waals surface area contributed by atoms with Gasteiger partial charge < -0.3 is 16.6 Å². The third kappa shape index (κ3) is 4920. The van der Waals surface area contributed by atoms with Crippen LogP contribution in [0.4, 0.5) is 0 Å². The Morgan fingerprint density at radius 2 is 1.40 bits per heavy atom. The van der Waals surface area contributed by atoms with Crippen LogP contribution in [-0.4, -0.2) is 18.4 Å². The van der Waals surface area contributed by atoms with Gasteiger partial charge in [-0.1, -0.05) is 6.82 Å². The zero-order valence-corrected chi connectivity index (χ0v) is 3.28. The highest BCUT2D eigenvalue weighted by atomic mass is 16.0. The highest BCUT2D eigenvalue weighted by Crippen LogP contribution is 1.15. The normalized spacial score (nSPS) is 2.80. The van der Waals surface area contributed by atoms with E-state index in [0.29, 0.717) is 0 Å². The molecule has 0 rings (SSSR count). The second kappa shape index (κ2) is 38.3. The number of nitrogens with two attached hydrogens (primary N) is 1. The maximum absolute atomic E-state index is 4.85. The highest BCUT2D eigenvalue weighted by molar-refractivity contribution is 6.28. The van der Waals surface area contributed by atoms with Gasteiger partial charge in [0.1, 0.15) is 0 Å². The SMILES string of the molecule is CBN.O.O. The zero-order valence-electron chi connectivity index (χ0n) is 3.28. The monoisotopic (exact) mass is 79.1 g/mol. The van der Waals surface area contributed by atoms with Crippen LogP contribution < -0.4 is 5.64 Å². The molecule has 0 radical (unpaired) electrons. The van der Waals surface area contributed by atoms with E-state index in [2.05, 4.69) is 0 Å². The van der Waals surface area contributed by atoms with Gasteiger partial charge in [0.05, 0.1) is 0 Å². The van der Waals surface area contributed by atoms with Crippen LogP contribution >= 0.6 is 0 Å². The predicted octanol–water partition coefficient (Wildman–Crippen LogP) is -2.30. The van der Waals surface area contributed by atoms with Gasteiger partial charge in [-0.2, -0.15) is 0 Å². The molecule has 0 spiro atoms. The average molecular weight is 78.9 g/mol. The Bertz CT molecular complexity index is 9.61. The van der Waals surface area contributed by atoms with Gasteiger partial charge in [-0.05, 0) is 0 Å². The Kier molecular flexibility index (Phi) is 156. The van der Waals surface area contributed by atoms with Crippen molar-refractivity contribution in [3.05, 3.63) is 0 Å². The van der Waals surface area contributed by atoms with Crippen LogP contribution in [0, 0.1) is 0 Å². The molecule has 0 aromatic heterocycles. The molecule has 0 saturated heterocycles. The van der Waals surface area contributed by atoms with Crippen LogP contribution in [-0.2, 0) is 0 Å². The first-order valence-electron chi connectivity index (χ1n) is 1.12. The van der Waals surface area contributed by atoms with Crippen LogP contribution in [0.25, 0.3) is 0 Å². The number of rotatable bonds is 0. The van der Waals surface area contributed by atoms with Crippen molar-refractivity contribution < 1.29 is 11.0 Å². The smallest absolute Gasteiger partial charge is 0.195 e. The summed E-state index contributed by atoms with van der Waals surface area (Å²) in [6.07, 6.45) is 0. The molecule has 0 aromatic carbocycles.